The Hall–Kier alpha value is -3.55. The van der Waals surface area contributed by atoms with Crippen molar-refractivity contribution in [1.82, 2.24) is 24.9 Å². The number of anilines is 2. The van der Waals surface area contributed by atoms with E-state index in [4.69, 9.17) is 11.6 Å². The molecule has 4 amide bonds. The van der Waals surface area contributed by atoms with Crippen molar-refractivity contribution in [2.45, 2.75) is 63.3 Å². The maximum atomic E-state index is 14.1. The monoisotopic (exact) mass is 703 g/mol. The summed E-state index contributed by atoms with van der Waals surface area (Å²) < 4.78 is 42.1. The molecule has 0 bridgehead atoms. The van der Waals surface area contributed by atoms with Crippen LogP contribution in [0.25, 0.3) is 0 Å². The number of alkyl halides is 3. The number of carbonyl (C=O) groups excluding carboxylic acids is 3. The van der Waals surface area contributed by atoms with Gasteiger partial charge in [-0.05, 0) is 74.5 Å². The van der Waals surface area contributed by atoms with Crippen molar-refractivity contribution < 1.29 is 27.6 Å². The zero-order valence-corrected chi connectivity index (χ0v) is 28.6. The zero-order valence-electron chi connectivity index (χ0n) is 27.8. The highest BCUT2D eigenvalue weighted by Crippen LogP contribution is 2.40. The molecule has 2 aromatic rings. The van der Waals surface area contributed by atoms with Gasteiger partial charge in [0.25, 0.3) is 0 Å². The number of hydrogen-bond acceptors (Lipinski definition) is 6. The fourth-order valence-electron chi connectivity index (χ4n) is 7.81. The lowest BCUT2D eigenvalue weighted by molar-refractivity contribution is -0.143. The highest BCUT2D eigenvalue weighted by atomic mass is 35.5. The number of likely N-dealkylation sites (tertiary alicyclic amines) is 1. The van der Waals surface area contributed by atoms with Crippen LogP contribution in [0.4, 0.5) is 29.3 Å². The lowest BCUT2D eigenvalue weighted by Crippen LogP contribution is -2.55. The Labute approximate surface area is 290 Å². The number of para-hydroxylation sites is 1. The minimum atomic E-state index is -4.66. The molecule has 0 saturated carbocycles. The summed E-state index contributed by atoms with van der Waals surface area (Å²) in [6.07, 6.45) is -1.53. The van der Waals surface area contributed by atoms with Crippen LogP contribution in [0.2, 0.25) is 5.02 Å². The van der Waals surface area contributed by atoms with Crippen molar-refractivity contribution in [3.05, 3.63) is 58.1 Å². The molecule has 266 valence electrons. The van der Waals surface area contributed by atoms with E-state index in [2.05, 4.69) is 20.9 Å². The largest absolute Gasteiger partial charge is 0.418 e. The number of fused-ring (bicyclic) bond motifs is 1. The maximum Gasteiger partial charge on any atom is 0.418 e. The Kier molecular flexibility index (Phi) is 10.9. The Morgan fingerprint density at radius 1 is 0.959 bits per heavy atom. The zero-order chi connectivity index (χ0) is 34.7. The van der Waals surface area contributed by atoms with Gasteiger partial charge in [0.2, 0.25) is 11.8 Å². The quantitative estimate of drug-likeness (QED) is 0.363. The predicted molar refractivity (Wildman–Crippen MR) is 182 cm³/mol. The molecule has 3 N–H and O–H groups in total. The molecule has 3 saturated heterocycles. The molecule has 1 atom stereocenters. The van der Waals surface area contributed by atoms with Crippen LogP contribution in [0, 0.1) is 5.92 Å². The van der Waals surface area contributed by atoms with Gasteiger partial charge in [-0.3, -0.25) is 14.5 Å². The number of amides is 4. The number of rotatable bonds is 8. The number of hydrogen-bond donors (Lipinski definition) is 3. The standard InChI is InChI=1S/C35H45ClF3N7O3/c1-40-32-28(35(37,38)39)19-23(20-29(32)36)18-25(33(48)45-16-14-43(15-17-45)26-6-10-41-11-7-26)21-31(47)44-12-8-27(9-13-44)46-22-24-4-2-3-5-30(24)42-34(46)49/h2-5,19-20,25-27,40-41H,6-18,21-22H2,1H3,(H,42,49)/t25-/m0/s1. The summed E-state index contributed by atoms with van der Waals surface area (Å²) in [7, 11) is 1.38. The van der Waals surface area contributed by atoms with E-state index < -0.39 is 17.7 Å². The van der Waals surface area contributed by atoms with Crippen molar-refractivity contribution in [3.8, 4) is 0 Å². The summed E-state index contributed by atoms with van der Waals surface area (Å²) in [6.45, 7) is 5.74. The second-order valence-corrected chi connectivity index (χ2v) is 13.9. The van der Waals surface area contributed by atoms with Crippen LogP contribution in [0.1, 0.15) is 48.8 Å². The molecule has 4 heterocycles. The van der Waals surface area contributed by atoms with Gasteiger partial charge < -0.3 is 30.7 Å². The highest BCUT2D eigenvalue weighted by Gasteiger charge is 2.38. The van der Waals surface area contributed by atoms with Crippen molar-refractivity contribution in [2.75, 3.05) is 70.0 Å². The van der Waals surface area contributed by atoms with E-state index in [0.29, 0.717) is 51.6 Å². The smallest absolute Gasteiger partial charge is 0.386 e. The van der Waals surface area contributed by atoms with Crippen LogP contribution in [0.3, 0.4) is 0 Å². The number of nitrogens with zero attached hydrogens (tertiary/aromatic N) is 4. The van der Waals surface area contributed by atoms with Crippen LogP contribution in [-0.4, -0.2) is 109 Å². The molecule has 0 spiro atoms. The number of urea groups is 1. The molecule has 4 aliphatic rings. The minimum absolute atomic E-state index is 0.0419. The summed E-state index contributed by atoms with van der Waals surface area (Å²) in [6, 6.07) is 10.4. The van der Waals surface area contributed by atoms with Gasteiger partial charge in [0.05, 0.1) is 22.2 Å². The Morgan fingerprint density at radius 3 is 2.33 bits per heavy atom. The minimum Gasteiger partial charge on any atom is -0.386 e. The van der Waals surface area contributed by atoms with Gasteiger partial charge >= 0.3 is 12.2 Å². The third-order valence-corrected chi connectivity index (χ3v) is 10.8. The van der Waals surface area contributed by atoms with Crippen LogP contribution < -0.4 is 16.0 Å². The normalized spacial score (nSPS) is 20.5. The lowest BCUT2D eigenvalue weighted by atomic mass is 9.91. The van der Waals surface area contributed by atoms with Crippen molar-refractivity contribution in [2.24, 2.45) is 5.92 Å². The molecule has 0 aromatic heterocycles. The van der Waals surface area contributed by atoms with Gasteiger partial charge in [0, 0.05) is 77.1 Å². The topological polar surface area (TPSA) is 100 Å². The van der Waals surface area contributed by atoms with Gasteiger partial charge in [0.15, 0.2) is 0 Å². The molecule has 3 fully saturated rings. The average molecular weight is 704 g/mol. The second kappa shape index (κ2) is 15.1. The number of piperidine rings is 2. The molecule has 4 aliphatic heterocycles. The van der Waals surface area contributed by atoms with E-state index in [-0.39, 0.29) is 53.0 Å². The molecule has 6 rings (SSSR count). The molecule has 49 heavy (non-hydrogen) atoms. The summed E-state index contributed by atoms with van der Waals surface area (Å²) >= 11 is 6.31. The molecule has 10 nitrogen and oxygen atoms in total. The highest BCUT2D eigenvalue weighted by molar-refractivity contribution is 6.33. The molecule has 0 aliphatic carbocycles. The molecular weight excluding hydrogens is 659 g/mol. The van der Waals surface area contributed by atoms with E-state index in [0.717, 1.165) is 56.3 Å². The number of halogens is 4. The number of benzene rings is 2. The van der Waals surface area contributed by atoms with Gasteiger partial charge in [-0.25, -0.2) is 4.79 Å². The number of carbonyl (C=O) groups is 3. The fraction of sp³-hybridized carbons (Fsp3) is 0.571. The first-order chi connectivity index (χ1) is 23.5. The third kappa shape index (κ3) is 8.10. The summed E-state index contributed by atoms with van der Waals surface area (Å²) in [5.74, 6) is -1.29. The van der Waals surface area contributed by atoms with Crippen molar-refractivity contribution in [3.63, 3.8) is 0 Å². The lowest BCUT2D eigenvalue weighted by Gasteiger charge is -2.42. The van der Waals surface area contributed by atoms with Gasteiger partial charge in [-0.1, -0.05) is 29.8 Å². The van der Waals surface area contributed by atoms with Crippen LogP contribution in [-0.2, 0) is 28.7 Å². The molecule has 0 unspecified atom stereocenters. The number of piperazine rings is 1. The SMILES string of the molecule is CNc1c(Cl)cc(C[C@@H](CC(=O)N2CCC(N3Cc4ccccc4NC3=O)CC2)C(=O)N2CCN(C3CCNCC3)CC2)cc1C(F)(F)F. The van der Waals surface area contributed by atoms with Crippen LogP contribution in [0.5, 0.6) is 0 Å². The van der Waals surface area contributed by atoms with E-state index in [1.807, 2.05) is 29.2 Å². The Morgan fingerprint density at radius 2 is 1.65 bits per heavy atom. The first-order valence-electron chi connectivity index (χ1n) is 17.3. The second-order valence-electron chi connectivity index (χ2n) is 13.5. The van der Waals surface area contributed by atoms with Gasteiger partial charge in [-0.15, -0.1) is 0 Å². The summed E-state index contributed by atoms with van der Waals surface area (Å²) in [5, 5.41) is 8.79. The van der Waals surface area contributed by atoms with Crippen LogP contribution in [0.15, 0.2) is 36.4 Å². The van der Waals surface area contributed by atoms with Crippen molar-refractivity contribution >= 4 is 40.8 Å². The third-order valence-electron chi connectivity index (χ3n) is 10.5. The Balaban J connectivity index is 1.14. The summed E-state index contributed by atoms with van der Waals surface area (Å²) in [4.78, 5) is 48.5. The average Bonchev–Trinajstić information content (AvgIpc) is 3.10. The molecule has 2 aromatic carbocycles. The molecular formula is C35H45ClF3N7O3. The van der Waals surface area contributed by atoms with Gasteiger partial charge in [0.1, 0.15) is 0 Å². The number of nitrogens with one attached hydrogen (secondary N) is 3. The van der Waals surface area contributed by atoms with E-state index >= 15 is 0 Å². The van der Waals surface area contributed by atoms with Crippen LogP contribution >= 0.6 is 11.6 Å². The van der Waals surface area contributed by atoms with Crippen molar-refractivity contribution in [1.29, 1.82) is 0 Å². The maximum absolute atomic E-state index is 14.1. The fourth-order valence-corrected chi connectivity index (χ4v) is 8.15. The van der Waals surface area contributed by atoms with E-state index in [1.54, 1.807) is 9.80 Å². The van der Waals surface area contributed by atoms with E-state index in [9.17, 15) is 27.6 Å². The Bertz CT molecular complexity index is 1520. The first-order valence-corrected chi connectivity index (χ1v) is 17.6. The van der Waals surface area contributed by atoms with Gasteiger partial charge in [-0.2, -0.15) is 13.2 Å². The predicted octanol–water partition coefficient (Wildman–Crippen LogP) is 4.88. The summed E-state index contributed by atoms with van der Waals surface area (Å²) in [5.41, 5.74) is 0.974. The van der Waals surface area contributed by atoms with E-state index in [1.165, 1.54) is 13.1 Å². The molecule has 14 heteroatoms. The molecule has 0 radical (unpaired) electrons. The first kappa shape index (κ1) is 35.3.